The lowest BCUT2D eigenvalue weighted by Crippen LogP contribution is -2.51. The fourth-order valence-corrected chi connectivity index (χ4v) is 4.40. The smallest absolute Gasteiger partial charge is 0.193 e. The van der Waals surface area contributed by atoms with Crippen molar-refractivity contribution < 1.29 is 4.74 Å². The zero-order valence-corrected chi connectivity index (χ0v) is 18.8. The molecule has 2 aliphatic rings. The number of aliphatic imine (C=N–C) groups is 1. The van der Waals surface area contributed by atoms with Crippen LogP contribution in [0.4, 0.5) is 0 Å². The second-order valence-electron chi connectivity index (χ2n) is 8.84. The number of nitrogens with one attached hydrogen (secondary N) is 1. The van der Waals surface area contributed by atoms with Gasteiger partial charge in [0.1, 0.15) is 0 Å². The maximum atomic E-state index is 6.11. The van der Waals surface area contributed by atoms with Gasteiger partial charge in [-0.05, 0) is 36.5 Å². The highest BCUT2D eigenvalue weighted by Gasteiger charge is 2.35. The summed E-state index contributed by atoms with van der Waals surface area (Å²) in [6.45, 7) is 15.7. The third-order valence-corrected chi connectivity index (χ3v) is 5.20. The van der Waals surface area contributed by atoms with Crippen molar-refractivity contribution in [3.63, 3.8) is 0 Å². The first-order chi connectivity index (χ1) is 10.8. The Morgan fingerprint density at radius 1 is 1.21 bits per heavy atom. The summed E-state index contributed by atoms with van der Waals surface area (Å²) in [4.78, 5) is 6.98. The standard InChI is InChI=1S/C19H37N3O.HI/c1-14-10-15(2)13-22(12-14)18(20-6)21-11-16-8-7-9-23-17(16)19(3,4)5;/h14-17H,7-13H2,1-6H3,(H,20,21);1H. The lowest BCUT2D eigenvalue weighted by atomic mass is 9.78. The molecule has 2 rings (SSSR count). The first kappa shape index (κ1) is 22.0. The molecule has 4 nitrogen and oxygen atoms in total. The summed E-state index contributed by atoms with van der Waals surface area (Å²) in [5.41, 5.74) is 0.199. The molecule has 0 spiro atoms. The highest BCUT2D eigenvalue weighted by Crippen LogP contribution is 2.33. The van der Waals surface area contributed by atoms with Crippen LogP contribution in [0.1, 0.15) is 53.9 Å². The number of hydrogen-bond acceptors (Lipinski definition) is 2. The molecule has 142 valence electrons. The number of ether oxygens (including phenoxy) is 1. The zero-order chi connectivity index (χ0) is 17.0. The molecule has 5 heteroatoms. The normalized spacial score (nSPS) is 32.2. The molecule has 0 saturated carbocycles. The van der Waals surface area contributed by atoms with Crippen molar-refractivity contribution in [1.29, 1.82) is 0 Å². The van der Waals surface area contributed by atoms with E-state index >= 15 is 0 Å². The van der Waals surface area contributed by atoms with Crippen LogP contribution in [0.25, 0.3) is 0 Å². The molecule has 0 amide bonds. The van der Waals surface area contributed by atoms with E-state index in [2.05, 4.69) is 49.8 Å². The highest BCUT2D eigenvalue weighted by atomic mass is 127. The fourth-order valence-electron chi connectivity index (χ4n) is 4.40. The minimum atomic E-state index is 0. The summed E-state index contributed by atoms with van der Waals surface area (Å²) < 4.78 is 6.11. The Morgan fingerprint density at radius 2 is 1.83 bits per heavy atom. The van der Waals surface area contributed by atoms with Crippen molar-refractivity contribution in [2.45, 2.75) is 60.0 Å². The summed E-state index contributed by atoms with van der Waals surface area (Å²) in [6, 6.07) is 0. The van der Waals surface area contributed by atoms with E-state index in [1.165, 1.54) is 19.3 Å². The number of nitrogens with zero attached hydrogens (tertiary/aromatic N) is 2. The Labute approximate surface area is 166 Å². The second-order valence-corrected chi connectivity index (χ2v) is 8.84. The summed E-state index contributed by atoms with van der Waals surface area (Å²) in [5.74, 6) is 3.14. The molecule has 4 atom stereocenters. The Kier molecular flexibility index (Phi) is 8.80. The van der Waals surface area contributed by atoms with Crippen molar-refractivity contribution in [3.8, 4) is 0 Å². The lowest BCUT2D eigenvalue weighted by Gasteiger charge is -2.41. The van der Waals surface area contributed by atoms with Gasteiger partial charge in [0.2, 0.25) is 0 Å². The minimum Gasteiger partial charge on any atom is -0.377 e. The number of rotatable bonds is 2. The summed E-state index contributed by atoms with van der Waals surface area (Å²) in [5, 5.41) is 3.65. The van der Waals surface area contributed by atoms with Crippen LogP contribution in [0.2, 0.25) is 0 Å². The van der Waals surface area contributed by atoms with Crippen molar-refractivity contribution >= 4 is 29.9 Å². The van der Waals surface area contributed by atoms with Gasteiger partial charge < -0.3 is 15.0 Å². The van der Waals surface area contributed by atoms with Crippen LogP contribution in [0.15, 0.2) is 4.99 Å². The molecule has 0 aromatic heterocycles. The van der Waals surface area contributed by atoms with E-state index in [4.69, 9.17) is 4.74 Å². The van der Waals surface area contributed by atoms with Crippen LogP contribution in [0, 0.1) is 23.2 Å². The van der Waals surface area contributed by atoms with Crippen LogP contribution in [-0.4, -0.2) is 50.3 Å². The number of guanidine groups is 1. The molecule has 24 heavy (non-hydrogen) atoms. The highest BCUT2D eigenvalue weighted by molar-refractivity contribution is 14.0. The van der Waals surface area contributed by atoms with Crippen LogP contribution < -0.4 is 5.32 Å². The van der Waals surface area contributed by atoms with Gasteiger partial charge >= 0.3 is 0 Å². The third kappa shape index (κ3) is 6.04. The number of halogens is 1. The van der Waals surface area contributed by atoms with Crippen molar-refractivity contribution in [2.75, 3.05) is 33.3 Å². The van der Waals surface area contributed by atoms with Gasteiger partial charge in [-0.3, -0.25) is 4.99 Å². The first-order valence-electron chi connectivity index (χ1n) is 9.38. The zero-order valence-electron chi connectivity index (χ0n) is 16.5. The molecule has 4 unspecified atom stereocenters. The summed E-state index contributed by atoms with van der Waals surface area (Å²) in [7, 11) is 1.91. The van der Waals surface area contributed by atoms with Gasteiger partial charge in [0, 0.05) is 39.2 Å². The molecule has 2 heterocycles. The minimum absolute atomic E-state index is 0. The van der Waals surface area contributed by atoms with Gasteiger partial charge in [-0.25, -0.2) is 0 Å². The molecule has 0 aromatic rings. The Balaban J connectivity index is 0.00000288. The molecule has 0 aliphatic carbocycles. The molecule has 0 bridgehead atoms. The molecular weight excluding hydrogens is 413 g/mol. The van der Waals surface area contributed by atoms with E-state index in [-0.39, 0.29) is 29.4 Å². The second kappa shape index (κ2) is 9.60. The average Bonchev–Trinajstić information content (AvgIpc) is 2.46. The quantitative estimate of drug-likeness (QED) is 0.392. The largest absolute Gasteiger partial charge is 0.377 e. The van der Waals surface area contributed by atoms with Crippen molar-refractivity contribution in [2.24, 2.45) is 28.2 Å². The van der Waals surface area contributed by atoms with Crippen LogP contribution in [0.3, 0.4) is 0 Å². The molecule has 2 fully saturated rings. The molecular formula is C19H38IN3O. The number of piperidine rings is 1. The Hall–Kier alpha value is -0.0400. The topological polar surface area (TPSA) is 36.9 Å². The number of hydrogen-bond donors (Lipinski definition) is 1. The number of likely N-dealkylation sites (tertiary alicyclic amines) is 1. The van der Waals surface area contributed by atoms with Crippen LogP contribution in [0.5, 0.6) is 0 Å². The Bertz CT molecular complexity index is 398. The average molecular weight is 451 g/mol. The van der Waals surface area contributed by atoms with E-state index in [1.54, 1.807) is 0 Å². The molecule has 1 N–H and O–H groups in total. The molecule has 2 saturated heterocycles. The van der Waals surface area contributed by atoms with Gasteiger partial charge in [0.25, 0.3) is 0 Å². The SMILES string of the molecule is CN=C(NCC1CCCOC1C(C)(C)C)N1CC(C)CC(C)C1.I. The maximum absolute atomic E-state index is 6.11. The van der Waals surface area contributed by atoms with Crippen LogP contribution in [-0.2, 0) is 4.74 Å². The fraction of sp³-hybridized carbons (Fsp3) is 0.947. The van der Waals surface area contributed by atoms with E-state index in [0.29, 0.717) is 12.0 Å². The van der Waals surface area contributed by atoms with Crippen molar-refractivity contribution in [1.82, 2.24) is 10.2 Å². The van der Waals surface area contributed by atoms with Crippen molar-refractivity contribution in [3.05, 3.63) is 0 Å². The maximum Gasteiger partial charge on any atom is 0.193 e. The van der Waals surface area contributed by atoms with Gasteiger partial charge in [-0.2, -0.15) is 0 Å². The Morgan fingerprint density at radius 3 is 2.38 bits per heavy atom. The van der Waals surface area contributed by atoms with Gasteiger partial charge in [0.05, 0.1) is 6.10 Å². The molecule has 2 aliphatic heterocycles. The molecule has 0 radical (unpaired) electrons. The monoisotopic (exact) mass is 451 g/mol. The lowest BCUT2D eigenvalue weighted by molar-refractivity contribution is -0.0836. The van der Waals surface area contributed by atoms with Crippen LogP contribution >= 0.6 is 24.0 Å². The van der Waals surface area contributed by atoms with E-state index < -0.39 is 0 Å². The van der Waals surface area contributed by atoms with Gasteiger partial charge in [-0.1, -0.05) is 34.6 Å². The first-order valence-corrected chi connectivity index (χ1v) is 9.38. The third-order valence-electron chi connectivity index (χ3n) is 5.20. The van der Waals surface area contributed by atoms with Gasteiger partial charge in [0.15, 0.2) is 5.96 Å². The van der Waals surface area contributed by atoms with E-state index in [9.17, 15) is 0 Å². The molecule has 0 aromatic carbocycles. The van der Waals surface area contributed by atoms with E-state index in [1.807, 2.05) is 7.05 Å². The predicted octanol–water partition coefficient (Wildman–Crippen LogP) is 4.00. The van der Waals surface area contributed by atoms with E-state index in [0.717, 1.165) is 44.0 Å². The summed E-state index contributed by atoms with van der Waals surface area (Å²) >= 11 is 0. The van der Waals surface area contributed by atoms with Gasteiger partial charge in [-0.15, -0.1) is 24.0 Å². The summed E-state index contributed by atoms with van der Waals surface area (Å²) in [6.07, 6.45) is 4.09. The predicted molar refractivity (Wildman–Crippen MR) is 113 cm³/mol.